The first kappa shape index (κ1) is 44.8. The minimum absolute atomic E-state index is 0.0526. The number of nitrogens with one attached hydrogen (secondary N) is 3. The van der Waals surface area contributed by atoms with Crippen molar-refractivity contribution in [3.63, 3.8) is 0 Å². The Kier molecular flexibility index (Phi) is 22.8. The third-order valence-corrected chi connectivity index (χ3v) is 7.74. The summed E-state index contributed by atoms with van der Waals surface area (Å²) in [6.45, 7) is 25.5. The second kappa shape index (κ2) is 24.9. The standard InChI is InChI=1S/C32H41F3N4O.C5H8.C2H6.C2H4/c1-4-13-29(36)30(40)37-19-12-22-39(20-5-2)21-11-10-18-31(24(3)38-23-32(33,34)35)27-16-8-6-14-25(27)26-15-7-9-17-28(26)31;1-3-5-4-2;2*1-2/h4,6-9,13-17,36,38H,3,5,10-12,18-23H2,1-2H3,(H,37,40);3-5H,1H2,2H3;1-2H3;1-2H2/b13-4+,36-29?;5-4+;;. The van der Waals surface area contributed by atoms with E-state index in [1.807, 2.05) is 81.5 Å². The molecule has 0 atom stereocenters. The van der Waals surface area contributed by atoms with Crippen LogP contribution in [0.5, 0.6) is 0 Å². The zero-order valence-electron chi connectivity index (χ0n) is 30.4. The van der Waals surface area contributed by atoms with E-state index >= 15 is 0 Å². The molecule has 0 fully saturated rings. The number of amides is 1. The maximum absolute atomic E-state index is 13.2. The molecule has 0 heterocycles. The van der Waals surface area contributed by atoms with Crippen molar-refractivity contribution in [2.24, 2.45) is 0 Å². The van der Waals surface area contributed by atoms with Crippen molar-refractivity contribution in [2.75, 3.05) is 32.7 Å². The van der Waals surface area contributed by atoms with Gasteiger partial charge >= 0.3 is 6.18 Å². The van der Waals surface area contributed by atoms with Gasteiger partial charge in [-0.2, -0.15) is 13.2 Å². The van der Waals surface area contributed by atoms with Crippen LogP contribution in [0, 0.1) is 5.41 Å². The summed E-state index contributed by atoms with van der Waals surface area (Å²) in [5, 5.41) is 13.1. The van der Waals surface area contributed by atoms with Gasteiger partial charge in [0.15, 0.2) is 0 Å². The van der Waals surface area contributed by atoms with Crippen molar-refractivity contribution < 1.29 is 18.0 Å². The highest BCUT2D eigenvalue weighted by Crippen LogP contribution is 2.54. The first-order valence-electron chi connectivity index (χ1n) is 17.2. The van der Waals surface area contributed by atoms with Crippen molar-refractivity contribution in [1.82, 2.24) is 15.5 Å². The van der Waals surface area contributed by atoms with Crippen LogP contribution in [0.2, 0.25) is 0 Å². The third kappa shape index (κ3) is 14.5. The number of unbranched alkanes of at least 4 members (excludes halogenated alkanes) is 1. The molecule has 5 nitrogen and oxygen atoms in total. The Balaban J connectivity index is 0.00000230. The van der Waals surface area contributed by atoms with E-state index in [9.17, 15) is 18.0 Å². The van der Waals surface area contributed by atoms with Crippen molar-refractivity contribution in [1.29, 1.82) is 5.41 Å². The number of rotatable bonds is 17. The number of carbonyl (C=O) groups excluding carboxylic acids is 1. The summed E-state index contributed by atoms with van der Waals surface area (Å²) in [6, 6.07) is 15.9. The number of halogens is 3. The molecule has 0 aromatic heterocycles. The summed E-state index contributed by atoms with van der Waals surface area (Å²) in [7, 11) is 0. The molecule has 49 heavy (non-hydrogen) atoms. The average Bonchev–Trinajstić information content (AvgIpc) is 3.40. The van der Waals surface area contributed by atoms with Gasteiger partial charge in [0.05, 0.1) is 5.41 Å². The predicted molar refractivity (Wildman–Crippen MR) is 204 cm³/mol. The van der Waals surface area contributed by atoms with Crippen molar-refractivity contribution in [2.45, 2.75) is 78.3 Å². The molecule has 0 unspecified atom stereocenters. The van der Waals surface area contributed by atoms with E-state index in [2.05, 4.69) is 48.8 Å². The molecule has 0 bridgehead atoms. The first-order valence-corrected chi connectivity index (χ1v) is 17.2. The zero-order valence-corrected chi connectivity index (χ0v) is 30.4. The van der Waals surface area contributed by atoms with Crippen LogP contribution in [0.1, 0.15) is 77.8 Å². The van der Waals surface area contributed by atoms with Gasteiger partial charge in [0.1, 0.15) is 12.3 Å². The van der Waals surface area contributed by atoms with E-state index in [0.717, 1.165) is 67.6 Å². The highest BCUT2D eigenvalue weighted by molar-refractivity contribution is 6.42. The minimum Gasteiger partial charge on any atom is -0.379 e. The summed E-state index contributed by atoms with van der Waals surface area (Å²) in [5.41, 5.74) is 3.68. The number of hydrogen-bond donors (Lipinski definition) is 3. The molecule has 0 radical (unpaired) electrons. The Bertz CT molecular complexity index is 1300. The van der Waals surface area contributed by atoms with Gasteiger partial charge in [0, 0.05) is 12.2 Å². The Morgan fingerprint density at radius 2 is 1.45 bits per heavy atom. The number of benzene rings is 2. The molecular formula is C41H59F3N4O. The highest BCUT2D eigenvalue weighted by atomic mass is 19.4. The first-order chi connectivity index (χ1) is 23.5. The summed E-state index contributed by atoms with van der Waals surface area (Å²) in [5.74, 6) is -0.373. The van der Waals surface area contributed by atoms with Crippen LogP contribution in [0.15, 0.2) is 111 Å². The van der Waals surface area contributed by atoms with Crippen molar-refractivity contribution in [3.8, 4) is 11.1 Å². The fourth-order valence-electron chi connectivity index (χ4n) is 5.78. The molecule has 8 heteroatoms. The Labute approximate surface area is 294 Å². The van der Waals surface area contributed by atoms with Crippen molar-refractivity contribution in [3.05, 3.63) is 122 Å². The van der Waals surface area contributed by atoms with Crippen LogP contribution in [0.4, 0.5) is 13.2 Å². The van der Waals surface area contributed by atoms with E-state index in [0.29, 0.717) is 18.7 Å². The van der Waals surface area contributed by atoms with Gasteiger partial charge in [-0.05, 0) is 87.5 Å². The fraction of sp³-hybridized carbons (Fsp3) is 0.415. The average molecular weight is 681 g/mol. The van der Waals surface area contributed by atoms with Gasteiger partial charge in [0.25, 0.3) is 5.91 Å². The molecule has 0 aliphatic heterocycles. The molecule has 0 spiro atoms. The lowest BCUT2D eigenvalue weighted by Crippen LogP contribution is -2.39. The second-order valence-electron chi connectivity index (χ2n) is 11.0. The summed E-state index contributed by atoms with van der Waals surface area (Å²) >= 11 is 0. The zero-order chi connectivity index (χ0) is 37.3. The molecule has 1 aliphatic rings. The molecule has 270 valence electrons. The quantitative estimate of drug-likeness (QED) is 0.0674. The largest absolute Gasteiger partial charge is 0.405 e. The Morgan fingerprint density at radius 3 is 1.92 bits per heavy atom. The second-order valence-corrected chi connectivity index (χ2v) is 11.0. The smallest absolute Gasteiger partial charge is 0.379 e. The van der Waals surface area contributed by atoms with Gasteiger partial charge in [0.2, 0.25) is 0 Å². The predicted octanol–water partition coefficient (Wildman–Crippen LogP) is 10.2. The minimum atomic E-state index is -4.34. The summed E-state index contributed by atoms with van der Waals surface area (Å²) in [4.78, 5) is 14.3. The normalized spacial score (nSPS) is 12.3. The number of nitrogens with zero attached hydrogens (tertiary/aromatic N) is 1. The number of alkyl halides is 3. The number of hydrogen-bond acceptors (Lipinski definition) is 4. The lowest BCUT2D eigenvalue weighted by atomic mass is 9.72. The van der Waals surface area contributed by atoms with Gasteiger partial charge in [-0.25, -0.2) is 0 Å². The van der Waals surface area contributed by atoms with E-state index < -0.39 is 18.1 Å². The molecule has 1 aliphatic carbocycles. The number of allylic oxidation sites excluding steroid dienone is 5. The number of fused-ring (bicyclic) bond motifs is 3. The molecule has 0 saturated heterocycles. The van der Waals surface area contributed by atoms with Gasteiger partial charge < -0.3 is 15.5 Å². The Morgan fingerprint density at radius 1 is 0.898 bits per heavy atom. The van der Waals surface area contributed by atoms with Crippen LogP contribution >= 0.6 is 0 Å². The molecule has 2 aromatic carbocycles. The molecule has 3 rings (SSSR count). The van der Waals surface area contributed by atoms with E-state index in [4.69, 9.17) is 5.41 Å². The molecule has 0 saturated carbocycles. The Hall–Kier alpha value is -4.17. The maximum atomic E-state index is 13.2. The van der Waals surface area contributed by atoms with Gasteiger partial charge in [-0.1, -0.05) is 113 Å². The monoisotopic (exact) mass is 680 g/mol. The topological polar surface area (TPSA) is 68.2 Å². The molecule has 1 amide bonds. The number of carbonyl (C=O) groups is 1. The van der Waals surface area contributed by atoms with E-state index in [1.54, 1.807) is 19.1 Å². The van der Waals surface area contributed by atoms with Crippen LogP contribution in [0.3, 0.4) is 0 Å². The summed E-state index contributed by atoms with van der Waals surface area (Å²) in [6.07, 6.45) is 8.50. The SMILES string of the molecule is C=C.C=C(NCC(F)(F)F)C1(CCCCN(CCC)CCCNC(=O)C(=N)/C=C/C)c2ccccc2-c2ccccc21.C=C/C=C/C.CC. The third-order valence-electron chi connectivity index (χ3n) is 7.74. The van der Waals surface area contributed by atoms with Crippen LogP contribution in [-0.2, 0) is 10.2 Å². The lowest BCUT2D eigenvalue weighted by Gasteiger charge is -2.35. The van der Waals surface area contributed by atoms with E-state index in [-0.39, 0.29) is 11.6 Å². The van der Waals surface area contributed by atoms with Crippen molar-refractivity contribution >= 4 is 11.6 Å². The van der Waals surface area contributed by atoms with Gasteiger partial charge in [-0.3, -0.25) is 10.2 Å². The molecular weight excluding hydrogens is 621 g/mol. The maximum Gasteiger partial charge on any atom is 0.405 e. The molecule has 2 aromatic rings. The highest BCUT2D eigenvalue weighted by Gasteiger charge is 2.45. The van der Waals surface area contributed by atoms with Crippen LogP contribution in [0.25, 0.3) is 11.1 Å². The van der Waals surface area contributed by atoms with Crippen LogP contribution < -0.4 is 10.6 Å². The fourth-order valence-corrected chi connectivity index (χ4v) is 5.78. The van der Waals surface area contributed by atoms with E-state index in [1.165, 1.54) is 6.08 Å². The van der Waals surface area contributed by atoms with Crippen LogP contribution in [-0.4, -0.2) is 55.4 Å². The summed E-state index contributed by atoms with van der Waals surface area (Å²) < 4.78 is 39.6. The molecule has 3 N–H and O–H groups in total. The lowest BCUT2D eigenvalue weighted by molar-refractivity contribution is -0.123. The van der Waals surface area contributed by atoms with Gasteiger partial charge in [-0.15, -0.1) is 13.2 Å².